The van der Waals surface area contributed by atoms with E-state index in [1.54, 1.807) is 0 Å². The Morgan fingerprint density at radius 3 is 2.64 bits per heavy atom. The monoisotopic (exact) mass is 154 g/mol. The molecule has 0 saturated heterocycles. The molecular formula is C5H7BN2O3. The lowest BCUT2D eigenvalue weighted by molar-refractivity contribution is 0.425. The molecule has 0 radical (unpaired) electrons. The molecule has 0 saturated carbocycles. The van der Waals surface area contributed by atoms with E-state index >= 15 is 0 Å². The fourth-order valence-corrected chi connectivity index (χ4v) is 0.700. The Hall–Kier alpha value is -1.27. The van der Waals surface area contributed by atoms with Gasteiger partial charge in [0, 0.05) is 17.7 Å². The number of pyridine rings is 1. The van der Waals surface area contributed by atoms with Gasteiger partial charge in [0.2, 0.25) is 0 Å². The van der Waals surface area contributed by atoms with E-state index in [0.717, 1.165) is 6.07 Å². The van der Waals surface area contributed by atoms with Crippen molar-refractivity contribution in [3.8, 4) is 0 Å². The van der Waals surface area contributed by atoms with E-state index in [-0.39, 0.29) is 11.3 Å². The van der Waals surface area contributed by atoms with Crippen LogP contribution in [0.15, 0.2) is 17.1 Å². The summed E-state index contributed by atoms with van der Waals surface area (Å²) in [4.78, 5) is 13.3. The van der Waals surface area contributed by atoms with Crippen molar-refractivity contribution < 1.29 is 10.0 Å². The summed E-state index contributed by atoms with van der Waals surface area (Å²) in [5.41, 5.74) is 4.61. The van der Waals surface area contributed by atoms with Crippen molar-refractivity contribution in [3.63, 3.8) is 0 Å². The molecular weight excluding hydrogens is 147 g/mol. The minimum absolute atomic E-state index is 0.112. The molecule has 0 amide bonds. The molecule has 11 heavy (non-hydrogen) atoms. The maximum absolute atomic E-state index is 10.9. The van der Waals surface area contributed by atoms with Crippen molar-refractivity contribution in [2.75, 3.05) is 5.73 Å². The summed E-state index contributed by atoms with van der Waals surface area (Å²) in [7, 11) is -1.75. The molecule has 0 aliphatic heterocycles. The van der Waals surface area contributed by atoms with Gasteiger partial charge in [-0.3, -0.25) is 4.79 Å². The molecule has 0 aliphatic rings. The van der Waals surface area contributed by atoms with E-state index < -0.39 is 12.5 Å². The first-order valence-corrected chi connectivity index (χ1v) is 2.95. The molecule has 0 atom stereocenters. The Bertz CT molecular complexity index is 309. The second kappa shape index (κ2) is 2.77. The van der Waals surface area contributed by atoms with Crippen molar-refractivity contribution in [1.29, 1.82) is 0 Å². The summed E-state index contributed by atoms with van der Waals surface area (Å²) in [5.74, 6) is 0.194. The van der Waals surface area contributed by atoms with Crippen LogP contribution in [0, 0.1) is 0 Å². The van der Waals surface area contributed by atoms with E-state index in [9.17, 15) is 4.79 Å². The van der Waals surface area contributed by atoms with E-state index in [1.807, 2.05) is 0 Å². The SMILES string of the molecule is Nc1cc(=O)c(B(O)O)c[nH]1. The Kier molecular flexibility index (Phi) is 1.97. The maximum atomic E-state index is 10.9. The number of nitrogens with two attached hydrogens (primary N) is 1. The molecule has 0 bridgehead atoms. The van der Waals surface area contributed by atoms with Crippen LogP contribution in [-0.2, 0) is 0 Å². The number of nitrogen functional groups attached to an aromatic ring is 1. The standard InChI is InChI=1S/C5H7BN2O3/c7-5-1-4(9)3(2-8-5)6(10)11/h1-2,10-11H,(H3,7,8,9). The van der Waals surface area contributed by atoms with Crippen molar-refractivity contribution in [2.45, 2.75) is 0 Å². The van der Waals surface area contributed by atoms with Crippen LogP contribution < -0.4 is 16.6 Å². The van der Waals surface area contributed by atoms with Crippen molar-refractivity contribution in [2.24, 2.45) is 0 Å². The summed E-state index contributed by atoms with van der Waals surface area (Å²) >= 11 is 0. The van der Waals surface area contributed by atoms with E-state index in [1.165, 1.54) is 6.20 Å². The lowest BCUT2D eigenvalue weighted by Crippen LogP contribution is -2.41. The molecule has 1 rings (SSSR count). The topological polar surface area (TPSA) is 99.3 Å². The molecule has 5 N–H and O–H groups in total. The van der Waals surface area contributed by atoms with Crippen LogP contribution in [0.4, 0.5) is 5.82 Å². The largest absolute Gasteiger partial charge is 0.493 e. The molecule has 1 aromatic rings. The van der Waals surface area contributed by atoms with Gasteiger partial charge in [0.25, 0.3) is 0 Å². The van der Waals surface area contributed by atoms with Gasteiger partial charge in [-0.15, -0.1) is 0 Å². The van der Waals surface area contributed by atoms with Crippen LogP contribution >= 0.6 is 0 Å². The predicted octanol–water partition coefficient (Wildman–Crippen LogP) is -2.36. The van der Waals surface area contributed by atoms with Crippen LogP contribution in [0.5, 0.6) is 0 Å². The number of H-pyrrole nitrogens is 1. The Balaban J connectivity index is 3.21. The van der Waals surface area contributed by atoms with Gasteiger partial charge in [-0.1, -0.05) is 0 Å². The van der Waals surface area contributed by atoms with Crippen molar-refractivity contribution >= 4 is 18.4 Å². The Morgan fingerprint density at radius 2 is 2.18 bits per heavy atom. The highest BCUT2D eigenvalue weighted by Gasteiger charge is 2.14. The number of rotatable bonds is 1. The quantitative estimate of drug-likeness (QED) is 0.340. The molecule has 0 aromatic carbocycles. The van der Waals surface area contributed by atoms with Crippen LogP contribution in [0.3, 0.4) is 0 Å². The number of aromatic amines is 1. The minimum atomic E-state index is -1.75. The fraction of sp³-hybridized carbons (Fsp3) is 0. The first-order valence-electron chi connectivity index (χ1n) is 2.95. The van der Waals surface area contributed by atoms with E-state index in [4.69, 9.17) is 15.8 Å². The molecule has 1 aromatic heterocycles. The molecule has 0 unspecified atom stereocenters. The van der Waals surface area contributed by atoms with Crippen LogP contribution in [-0.4, -0.2) is 22.2 Å². The predicted molar refractivity (Wildman–Crippen MR) is 41.3 cm³/mol. The number of nitrogens with one attached hydrogen (secondary N) is 1. The van der Waals surface area contributed by atoms with E-state index in [0.29, 0.717) is 0 Å². The summed E-state index contributed by atoms with van der Waals surface area (Å²) in [6.45, 7) is 0. The highest BCUT2D eigenvalue weighted by Crippen LogP contribution is 1.84. The zero-order chi connectivity index (χ0) is 8.43. The number of anilines is 1. The molecule has 6 heteroatoms. The van der Waals surface area contributed by atoms with Gasteiger partial charge in [-0.2, -0.15) is 0 Å². The molecule has 0 fully saturated rings. The number of hydrogen-bond acceptors (Lipinski definition) is 4. The average molecular weight is 154 g/mol. The second-order valence-corrected chi connectivity index (χ2v) is 2.08. The third kappa shape index (κ3) is 1.60. The lowest BCUT2D eigenvalue weighted by Gasteiger charge is -1.97. The van der Waals surface area contributed by atoms with Gasteiger partial charge >= 0.3 is 7.12 Å². The minimum Gasteiger partial charge on any atom is -0.423 e. The first kappa shape index (κ1) is 7.84. The molecule has 1 heterocycles. The maximum Gasteiger partial charge on any atom is 0.493 e. The summed E-state index contributed by atoms with van der Waals surface area (Å²) in [6.07, 6.45) is 1.17. The summed E-state index contributed by atoms with van der Waals surface area (Å²) < 4.78 is 0. The molecule has 0 aliphatic carbocycles. The zero-order valence-corrected chi connectivity index (χ0v) is 5.61. The van der Waals surface area contributed by atoms with Crippen molar-refractivity contribution in [3.05, 3.63) is 22.5 Å². The van der Waals surface area contributed by atoms with Gasteiger partial charge in [0.1, 0.15) is 5.82 Å². The van der Waals surface area contributed by atoms with Gasteiger partial charge < -0.3 is 20.8 Å². The lowest BCUT2D eigenvalue weighted by atomic mass is 9.81. The Labute approximate surface area is 62.6 Å². The summed E-state index contributed by atoms with van der Waals surface area (Å²) in [5, 5.41) is 17.2. The Morgan fingerprint density at radius 1 is 1.55 bits per heavy atom. The number of aromatic nitrogens is 1. The van der Waals surface area contributed by atoms with Crippen LogP contribution in [0.2, 0.25) is 0 Å². The third-order valence-corrected chi connectivity index (χ3v) is 1.24. The molecule has 0 spiro atoms. The normalized spacial score (nSPS) is 9.64. The summed E-state index contributed by atoms with van der Waals surface area (Å²) in [6, 6.07) is 1.09. The van der Waals surface area contributed by atoms with E-state index in [2.05, 4.69) is 4.98 Å². The van der Waals surface area contributed by atoms with Gasteiger partial charge in [0.05, 0.1) is 0 Å². The highest BCUT2D eigenvalue weighted by atomic mass is 16.4. The van der Waals surface area contributed by atoms with Gasteiger partial charge in [0.15, 0.2) is 5.43 Å². The van der Waals surface area contributed by atoms with Gasteiger partial charge in [-0.25, -0.2) is 0 Å². The third-order valence-electron chi connectivity index (χ3n) is 1.24. The number of hydrogen-bond donors (Lipinski definition) is 4. The van der Waals surface area contributed by atoms with Gasteiger partial charge in [-0.05, 0) is 0 Å². The first-order chi connectivity index (χ1) is 5.11. The highest BCUT2D eigenvalue weighted by molar-refractivity contribution is 6.58. The second-order valence-electron chi connectivity index (χ2n) is 2.08. The molecule has 58 valence electrons. The average Bonchev–Trinajstić information content (AvgIpc) is 1.85. The van der Waals surface area contributed by atoms with Crippen molar-refractivity contribution in [1.82, 2.24) is 4.98 Å². The smallest absolute Gasteiger partial charge is 0.423 e. The van der Waals surface area contributed by atoms with Crippen LogP contribution in [0.25, 0.3) is 0 Å². The fourth-order valence-electron chi connectivity index (χ4n) is 0.700. The molecule has 5 nitrogen and oxygen atoms in total. The van der Waals surface area contributed by atoms with Crippen LogP contribution in [0.1, 0.15) is 0 Å². The zero-order valence-electron chi connectivity index (χ0n) is 5.61.